The Morgan fingerprint density at radius 1 is 1.14 bits per heavy atom. The number of nitrogens with two attached hydrogens (primary N) is 1. The van der Waals surface area contributed by atoms with Crippen molar-refractivity contribution >= 4 is 0 Å². The van der Waals surface area contributed by atoms with Crippen LogP contribution in [-0.4, -0.2) is 20.8 Å². The van der Waals surface area contributed by atoms with Gasteiger partial charge in [0.1, 0.15) is 17.2 Å². The Balaban J connectivity index is 2.21. The van der Waals surface area contributed by atoms with E-state index in [1.165, 1.54) is 5.56 Å². The summed E-state index contributed by atoms with van der Waals surface area (Å²) in [6.45, 7) is 1.17. The number of ether oxygens (including phenoxy) is 3. The summed E-state index contributed by atoms with van der Waals surface area (Å²) in [4.78, 5) is 0. The minimum absolute atomic E-state index is 0.452. The van der Waals surface area contributed by atoms with E-state index in [2.05, 4.69) is 12.1 Å². The molecule has 0 bridgehead atoms. The van der Waals surface area contributed by atoms with E-state index in [0.717, 1.165) is 47.0 Å². The number of rotatable bonds is 4. The van der Waals surface area contributed by atoms with Crippen molar-refractivity contribution in [3.05, 3.63) is 41.5 Å². The first-order valence-corrected chi connectivity index (χ1v) is 6.98. The molecular formula is C17H19NO3. The van der Waals surface area contributed by atoms with Crippen LogP contribution in [0.25, 0.3) is 11.1 Å². The van der Waals surface area contributed by atoms with Crippen molar-refractivity contribution in [3.8, 4) is 28.4 Å². The van der Waals surface area contributed by atoms with E-state index >= 15 is 0 Å². The molecule has 0 atom stereocenters. The summed E-state index contributed by atoms with van der Waals surface area (Å²) in [7, 11) is 3.33. The second-order valence-corrected chi connectivity index (χ2v) is 4.96. The van der Waals surface area contributed by atoms with Crippen LogP contribution in [0.5, 0.6) is 17.2 Å². The maximum atomic E-state index is 5.87. The van der Waals surface area contributed by atoms with E-state index in [9.17, 15) is 0 Å². The predicted octanol–water partition coefficient (Wildman–Crippen LogP) is 2.76. The standard InChI is InChI=1S/C17H19NO3/c1-19-14-4-3-5-15(20-2)16(14)12-8-11-6-7-21-17(11)13(9-12)10-18/h3-5,8-9H,6-7,10,18H2,1-2H3. The van der Waals surface area contributed by atoms with Gasteiger partial charge in [0, 0.05) is 18.5 Å². The number of methoxy groups -OCH3 is 2. The van der Waals surface area contributed by atoms with Crippen LogP contribution in [0.3, 0.4) is 0 Å². The highest BCUT2D eigenvalue weighted by Gasteiger charge is 2.20. The lowest BCUT2D eigenvalue weighted by Gasteiger charge is -2.15. The third kappa shape index (κ3) is 2.32. The zero-order valence-electron chi connectivity index (χ0n) is 12.3. The van der Waals surface area contributed by atoms with Gasteiger partial charge < -0.3 is 19.9 Å². The Hall–Kier alpha value is -2.20. The molecular weight excluding hydrogens is 266 g/mol. The van der Waals surface area contributed by atoms with E-state index in [1.807, 2.05) is 18.2 Å². The average molecular weight is 285 g/mol. The first kappa shape index (κ1) is 13.8. The van der Waals surface area contributed by atoms with E-state index in [4.69, 9.17) is 19.9 Å². The van der Waals surface area contributed by atoms with Gasteiger partial charge in [0.15, 0.2) is 0 Å². The van der Waals surface area contributed by atoms with Crippen molar-refractivity contribution < 1.29 is 14.2 Å². The van der Waals surface area contributed by atoms with Crippen LogP contribution in [-0.2, 0) is 13.0 Å². The van der Waals surface area contributed by atoms with Gasteiger partial charge in [-0.1, -0.05) is 6.07 Å². The molecule has 21 heavy (non-hydrogen) atoms. The molecule has 4 heteroatoms. The molecule has 0 spiro atoms. The molecule has 1 aliphatic heterocycles. The third-order valence-electron chi connectivity index (χ3n) is 3.80. The van der Waals surface area contributed by atoms with Crippen LogP contribution in [0.4, 0.5) is 0 Å². The molecule has 0 aliphatic carbocycles. The first-order valence-electron chi connectivity index (χ1n) is 6.98. The highest BCUT2D eigenvalue weighted by molar-refractivity contribution is 5.79. The molecule has 3 rings (SSSR count). The lowest BCUT2D eigenvalue weighted by Crippen LogP contribution is -2.01. The number of hydrogen-bond acceptors (Lipinski definition) is 4. The predicted molar refractivity (Wildman–Crippen MR) is 82.1 cm³/mol. The lowest BCUT2D eigenvalue weighted by molar-refractivity contribution is 0.353. The summed E-state index contributed by atoms with van der Waals surface area (Å²) < 4.78 is 16.7. The van der Waals surface area contributed by atoms with Crippen molar-refractivity contribution in [2.75, 3.05) is 20.8 Å². The van der Waals surface area contributed by atoms with Crippen LogP contribution in [0, 0.1) is 0 Å². The summed E-state index contributed by atoms with van der Waals surface area (Å²) in [6, 6.07) is 9.99. The van der Waals surface area contributed by atoms with Crippen molar-refractivity contribution in [1.29, 1.82) is 0 Å². The van der Waals surface area contributed by atoms with Gasteiger partial charge in [-0.05, 0) is 35.4 Å². The zero-order valence-corrected chi connectivity index (χ0v) is 12.3. The molecule has 2 aromatic rings. The fourth-order valence-electron chi connectivity index (χ4n) is 2.82. The average Bonchev–Trinajstić information content (AvgIpc) is 3.01. The van der Waals surface area contributed by atoms with Crippen LogP contribution >= 0.6 is 0 Å². The third-order valence-corrected chi connectivity index (χ3v) is 3.80. The number of hydrogen-bond donors (Lipinski definition) is 1. The highest BCUT2D eigenvalue weighted by Crippen LogP contribution is 2.42. The highest BCUT2D eigenvalue weighted by atomic mass is 16.5. The molecule has 0 fully saturated rings. The molecule has 0 saturated heterocycles. The van der Waals surface area contributed by atoms with Crippen LogP contribution in [0.1, 0.15) is 11.1 Å². The normalized spacial score (nSPS) is 12.7. The Morgan fingerprint density at radius 2 is 1.86 bits per heavy atom. The van der Waals surface area contributed by atoms with Gasteiger partial charge in [-0.25, -0.2) is 0 Å². The Kier molecular flexibility index (Phi) is 3.71. The summed E-state index contributed by atoms with van der Waals surface area (Å²) in [5, 5.41) is 0. The molecule has 2 aromatic carbocycles. The first-order chi connectivity index (χ1) is 10.3. The molecule has 0 saturated carbocycles. The van der Waals surface area contributed by atoms with Gasteiger partial charge >= 0.3 is 0 Å². The van der Waals surface area contributed by atoms with Crippen LogP contribution in [0.2, 0.25) is 0 Å². The van der Waals surface area contributed by atoms with E-state index in [-0.39, 0.29) is 0 Å². The smallest absolute Gasteiger partial charge is 0.130 e. The SMILES string of the molecule is COc1cccc(OC)c1-c1cc(CN)c2c(c1)CCO2. The number of fused-ring (bicyclic) bond motifs is 1. The summed E-state index contributed by atoms with van der Waals surface area (Å²) >= 11 is 0. The van der Waals surface area contributed by atoms with E-state index in [0.29, 0.717) is 6.54 Å². The second kappa shape index (κ2) is 5.66. The maximum absolute atomic E-state index is 5.87. The van der Waals surface area contributed by atoms with Gasteiger partial charge in [-0.2, -0.15) is 0 Å². The summed E-state index contributed by atoms with van der Waals surface area (Å²) in [5.74, 6) is 2.52. The van der Waals surface area contributed by atoms with E-state index < -0.39 is 0 Å². The van der Waals surface area contributed by atoms with Crippen molar-refractivity contribution in [3.63, 3.8) is 0 Å². The maximum Gasteiger partial charge on any atom is 0.130 e. The monoisotopic (exact) mass is 285 g/mol. The van der Waals surface area contributed by atoms with Crippen molar-refractivity contribution in [1.82, 2.24) is 0 Å². The second-order valence-electron chi connectivity index (χ2n) is 4.96. The Labute approximate surface area is 124 Å². The molecule has 4 nitrogen and oxygen atoms in total. The molecule has 0 aromatic heterocycles. The Morgan fingerprint density at radius 3 is 2.48 bits per heavy atom. The van der Waals surface area contributed by atoms with Gasteiger partial charge in [0.2, 0.25) is 0 Å². The lowest BCUT2D eigenvalue weighted by atomic mass is 9.97. The fourth-order valence-corrected chi connectivity index (χ4v) is 2.82. The van der Waals surface area contributed by atoms with Crippen LogP contribution in [0.15, 0.2) is 30.3 Å². The molecule has 1 heterocycles. The molecule has 0 unspecified atom stereocenters. The van der Waals surface area contributed by atoms with Gasteiger partial charge in [-0.3, -0.25) is 0 Å². The molecule has 2 N–H and O–H groups in total. The van der Waals surface area contributed by atoms with Crippen molar-refractivity contribution in [2.24, 2.45) is 5.73 Å². The van der Waals surface area contributed by atoms with Crippen molar-refractivity contribution in [2.45, 2.75) is 13.0 Å². The zero-order chi connectivity index (χ0) is 14.8. The summed E-state index contributed by atoms with van der Waals surface area (Å²) in [6.07, 6.45) is 0.910. The molecule has 110 valence electrons. The fraction of sp³-hybridized carbons (Fsp3) is 0.294. The minimum atomic E-state index is 0.452. The van der Waals surface area contributed by atoms with Gasteiger partial charge in [0.25, 0.3) is 0 Å². The molecule has 0 amide bonds. The number of benzene rings is 2. The Bertz CT molecular complexity index is 645. The largest absolute Gasteiger partial charge is 0.496 e. The topological polar surface area (TPSA) is 53.7 Å². The molecule has 0 radical (unpaired) electrons. The van der Waals surface area contributed by atoms with E-state index in [1.54, 1.807) is 14.2 Å². The molecule has 1 aliphatic rings. The quantitative estimate of drug-likeness (QED) is 0.938. The van der Waals surface area contributed by atoms with Gasteiger partial charge in [-0.15, -0.1) is 0 Å². The minimum Gasteiger partial charge on any atom is -0.496 e. The van der Waals surface area contributed by atoms with Crippen LogP contribution < -0.4 is 19.9 Å². The summed E-state index contributed by atoms with van der Waals surface area (Å²) in [5.41, 5.74) is 10.1. The van der Waals surface area contributed by atoms with Gasteiger partial charge in [0.05, 0.1) is 26.4 Å².